The lowest BCUT2D eigenvalue weighted by Gasteiger charge is -2.28. The average molecular weight is 432 g/mol. The number of sulfonamides is 1. The second-order valence-corrected chi connectivity index (χ2v) is 9.25. The first-order valence-corrected chi connectivity index (χ1v) is 10.5. The topological polar surface area (TPSA) is 80.5 Å². The second kappa shape index (κ2) is 7.72. The molecule has 0 radical (unpaired) electrons. The number of nitro benzene ring substituents is 1. The Morgan fingerprint density at radius 1 is 1.07 bits per heavy atom. The van der Waals surface area contributed by atoms with Crippen LogP contribution in [0.1, 0.15) is 18.0 Å². The van der Waals surface area contributed by atoms with E-state index < -0.39 is 42.3 Å². The predicted octanol–water partition coefficient (Wildman–Crippen LogP) is 4.35. The molecule has 0 amide bonds. The van der Waals surface area contributed by atoms with Crippen molar-refractivity contribution < 1.29 is 26.5 Å². The standard InChI is InChI=1S/C17H15F3N2O4S2/c18-17(19,20)27-14-10-11-21(16(14)12-6-2-1-3-7-12)28(25,26)15-9-5-4-8-13(15)22(23)24/h1-9,14,16H,10-11H2/t14-,16+/m0/s1. The van der Waals surface area contributed by atoms with E-state index >= 15 is 0 Å². The molecule has 2 aromatic rings. The van der Waals surface area contributed by atoms with Gasteiger partial charge in [0, 0.05) is 17.9 Å². The molecule has 1 aliphatic heterocycles. The summed E-state index contributed by atoms with van der Waals surface area (Å²) in [6.07, 6.45) is -0.0242. The monoisotopic (exact) mass is 432 g/mol. The van der Waals surface area contributed by atoms with Gasteiger partial charge in [-0.2, -0.15) is 17.5 Å². The minimum absolute atomic E-state index is 0.0242. The Kier molecular flexibility index (Phi) is 5.69. The van der Waals surface area contributed by atoms with E-state index in [0.29, 0.717) is 5.56 Å². The highest BCUT2D eigenvalue weighted by Gasteiger charge is 2.48. The van der Waals surface area contributed by atoms with Crippen LogP contribution in [-0.4, -0.2) is 34.9 Å². The SMILES string of the molecule is O=[N+]([O-])c1ccccc1S(=O)(=O)N1CC[C@H](SC(F)(F)F)[C@H]1c1ccccc1. The van der Waals surface area contributed by atoms with Gasteiger partial charge in [0.2, 0.25) is 0 Å². The van der Waals surface area contributed by atoms with Crippen molar-refractivity contribution in [3.63, 3.8) is 0 Å². The number of halogens is 3. The number of alkyl halides is 3. The zero-order valence-electron chi connectivity index (χ0n) is 14.2. The van der Waals surface area contributed by atoms with E-state index in [1.165, 1.54) is 12.1 Å². The molecule has 11 heteroatoms. The lowest BCUT2D eigenvalue weighted by molar-refractivity contribution is -0.387. The second-order valence-electron chi connectivity index (χ2n) is 6.09. The lowest BCUT2D eigenvalue weighted by Crippen LogP contribution is -2.33. The van der Waals surface area contributed by atoms with Crippen molar-refractivity contribution in [3.05, 3.63) is 70.3 Å². The van der Waals surface area contributed by atoms with Crippen LogP contribution in [0.5, 0.6) is 0 Å². The predicted molar refractivity (Wildman–Crippen MR) is 98.2 cm³/mol. The zero-order valence-corrected chi connectivity index (χ0v) is 15.9. The molecule has 150 valence electrons. The first-order valence-electron chi connectivity index (χ1n) is 8.16. The van der Waals surface area contributed by atoms with Gasteiger partial charge in [0.25, 0.3) is 15.7 Å². The quantitative estimate of drug-likeness (QED) is 0.518. The summed E-state index contributed by atoms with van der Waals surface area (Å²) in [6, 6.07) is 11.7. The molecule has 0 spiro atoms. The van der Waals surface area contributed by atoms with Crippen LogP contribution in [0.15, 0.2) is 59.5 Å². The third-order valence-corrected chi connectivity index (χ3v) is 7.36. The van der Waals surface area contributed by atoms with Crippen LogP contribution in [0.25, 0.3) is 0 Å². The van der Waals surface area contributed by atoms with Crippen LogP contribution in [0.3, 0.4) is 0 Å². The van der Waals surface area contributed by atoms with Gasteiger partial charge in [-0.15, -0.1) is 0 Å². The summed E-state index contributed by atoms with van der Waals surface area (Å²) in [5.74, 6) is 0. The minimum Gasteiger partial charge on any atom is -0.258 e. The maximum atomic E-state index is 13.2. The van der Waals surface area contributed by atoms with E-state index in [0.717, 1.165) is 16.4 Å². The van der Waals surface area contributed by atoms with E-state index in [-0.39, 0.29) is 24.7 Å². The van der Waals surface area contributed by atoms with E-state index in [2.05, 4.69) is 0 Å². The van der Waals surface area contributed by atoms with Gasteiger partial charge in [-0.05, 0) is 29.8 Å². The highest BCUT2D eigenvalue weighted by molar-refractivity contribution is 8.00. The van der Waals surface area contributed by atoms with Gasteiger partial charge in [-0.1, -0.05) is 42.5 Å². The summed E-state index contributed by atoms with van der Waals surface area (Å²) in [4.78, 5) is 9.91. The summed E-state index contributed by atoms with van der Waals surface area (Å²) in [5.41, 5.74) is -4.74. The first kappa shape index (κ1) is 20.6. The van der Waals surface area contributed by atoms with Crippen molar-refractivity contribution in [2.45, 2.75) is 28.1 Å². The smallest absolute Gasteiger partial charge is 0.258 e. The van der Waals surface area contributed by atoms with Gasteiger partial charge < -0.3 is 0 Å². The van der Waals surface area contributed by atoms with Gasteiger partial charge in [-0.3, -0.25) is 10.1 Å². The Hall–Kier alpha value is -2.11. The number of hydrogen-bond donors (Lipinski definition) is 0. The summed E-state index contributed by atoms with van der Waals surface area (Å²) in [6.45, 7) is -0.165. The molecule has 2 aromatic carbocycles. The van der Waals surface area contributed by atoms with E-state index in [4.69, 9.17) is 0 Å². The Morgan fingerprint density at radius 2 is 1.68 bits per heavy atom. The third-order valence-electron chi connectivity index (χ3n) is 4.37. The van der Waals surface area contributed by atoms with E-state index in [9.17, 15) is 31.7 Å². The number of hydrogen-bond acceptors (Lipinski definition) is 5. The number of benzene rings is 2. The molecule has 0 bridgehead atoms. The van der Waals surface area contributed by atoms with Gasteiger partial charge >= 0.3 is 5.51 Å². The Bertz CT molecular complexity index is 968. The third kappa shape index (κ3) is 4.15. The number of nitro groups is 1. The number of rotatable bonds is 5. The van der Waals surface area contributed by atoms with Crippen LogP contribution >= 0.6 is 11.8 Å². The van der Waals surface area contributed by atoms with Crippen molar-refractivity contribution in [1.29, 1.82) is 0 Å². The van der Waals surface area contributed by atoms with Crippen LogP contribution < -0.4 is 0 Å². The molecule has 28 heavy (non-hydrogen) atoms. The molecule has 1 heterocycles. The highest BCUT2D eigenvalue weighted by Crippen LogP contribution is 2.48. The minimum atomic E-state index is -4.53. The number of thioether (sulfide) groups is 1. The molecular formula is C17H15F3N2O4S2. The fourth-order valence-electron chi connectivity index (χ4n) is 3.29. The summed E-state index contributed by atoms with van der Waals surface area (Å²) in [7, 11) is -4.39. The molecule has 3 rings (SSSR count). The molecule has 1 fully saturated rings. The fraction of sp³-hybridized carbons (Fsp3) is 0.294. The van der Waals surface area contributed by atoms with Gasteiger partial charge in [0.05, 0.1) is 11.0 Å². The average Bonchev–Trinajstić information content (AvgIpc) is 3.05. The molecule has 2 atom stereocenters. The molecule has 1 aliphatic rings. The largest absolute Gasteiger partial charge is 0.442 e. The zero-order chi connectivity index (χ0) is 20.5. The van der Waals surface area contributed by atoms with E-state index in [1.54, 1.807) is 30.3 Å². The van der Waals surface area contributed by atoms with Crippen LogP contribution in [0.4, 0.5) is 18.9 Å². The molecule has 6 nitrogen and oxygen atoms in total. The molecular weight excluding hydrogens is 417 g/mol. The van der Waals surface area contributed by atoms with E-state index in [1.807, 2.05) is 0 Å². The summed E-state index contributed by atoms with van der Waals surface area (Å²) in [5, 5.41) is 10.2. The summed E-state index contributed by atoms with van der Waals surface area (Å²) >= 11 is -0.247. The Morgan fingerprint density at radius 3 is 2.29 bits per heavy atom. The van der Waals surface area contributed by atoms with Crippen LogP contribution in [0, 0.1) is 10.1 Å². The maximum absolute atomic E-state index is 13.2. The number of nitrogens with zero attached hydrogens (tertiary/aromatic N) is 2. The lowest BCUT2D eigenvalue weighted by atomic mass is 10.1. The van der Waals surface area contributed by atoms with Crippen molar-refractivity contribution in [2.75, 3.05) is 6.54 Å². The molecule has 0 aromatic heterocycles. The normalized spacial score (nSPS) is 21.0. The fourth-order valence-corrected chi connectivity index (χ4v) is 6.19. The molecule has 0 N–H and O–H groups in total. The number of para-hydroxylation sites is 1. The maximum Gasteiger partial charge on any atom is 0.442 e. The Labute approximate surface area is 163 Å². The van der Waals surface area contributed by atoms with Gasteiger partial charge in [0.1, 0.15) is 0 Å². The molecule has 0 aliphatic carbocycles. The first-order chi connectivity index (χ1) is 13.1. The van der Waals surface area contributed by atoms with Crippen LogP contribution in [-0.2, 0) is 10.0 Å². The molecule has 1 saturated heterocycles. The Balaban J connectivity index is 2.08. The van der Waals surface area contributed by atoms with Crippen molar-refractivity contribution >= 4 is 27.5 Å². The molecule has 0 unspecified atom stereocenters. The molecule has 0 saturated carbocycles. The van der Waals surface area contributed by atoms with Crippen molar-refractivity contribution in [1.82, 2.24) is 4.31 Å². The summed E-state index contributed by atoms with van der Waals surface area (Å²) < 4.78 is 66.4. The van der Waals surface area contributed by atoms with Gasteiger partial charge in [-0.25, -0.2) is 8.42 Å². The van der Waals surface area contributed by atoms with Crippen molar-refractivity contribution in [3.8, 4) is 0 Å². The van der Waals surface area contributed by atoms with Crippen LogP contribution in [0.2, 0.25) is 0 Å². The van der Waals surface area contributed by atoms with Crippen molar-refractivity contribution in [2.24, 2.45) is 0 Å². The van der Waals surface area contributed by atoms with Gasteiger partial charge in [0.15, 0.2) is 4.90 Å². The highest BCUT2D eigenvalue weighted by atomic mass is 32.2.